The molecule has 1 aliphatic carbocycles. The minimum Gasteiger partial charge on any atom is -0.381 e. The second-order valence-electron chi connectivity index (χ2n) is 11.9. The molecule has 9 nitrogen and oxygen atoms in total. The molecular weight excluding hydrogens is 473 g/mol. The Hall–Kier alpha value is -2.30. The van der Waals surface area contributed by atoms with Gasteiger partial charge in [0, 0.05) is 23.5 Å². The SMILES string of the molecule is Nc1nn2cc(F)cnc2c1C(=O)NC1C(N2CCCC3(COC3)C2)CCNC12CCCCCCCC2. The molecule has 0 aromatic carbocycles. The first-order valence-corrected chi connectivity index (χ1v) is 14.2. The van der Waals surface area contributed by atoms with Crippen LogP contribution in [0.2, 0.25) is 0 Å². The molecule has 5 heterocycles. The van der Waals surface area contributed by atoms with E-state index < -0.39 is 5.82 Å². The zero-order chi connectivity index (χ0) is 25.5. The van der Waals surface area contributed by atoms with Crippen LogP contribution in [-0.2, 0) is 4.74 Å². The summed E-state index contributed by atoms with van der Waals surface area (Å²) in [5, 5.41) is 11.6. The summed E-state index contributed by atoms with van der Waals surface area (Å²) in [4.78, 5) is 20.7. The van der Waals surface area contributed by atoms with Crippen molar-refractivity contribution in [3.8, 4) is 0 Å². The molecule has 10 heteroatoms. The number of nitrogens with zero attached hydrogens (tertiary/aromatic N) is 4. The number of likely N-dealkylation sites (tertiary alicyclic amines) is 1. The Kier molecular flexibility index (Phi) is 6.83. The number of hydrogen-bond acceptors (Lipinski definition) is 7. The van der Waals surface area contributed by atoms with Crippen molar-refractivity contribution in [1.82, 2.24) is 30.1 Å². The minimum atomic E-state index is -0.526. The predicted octanol–water partition coefficient (Wildman–Crippen LogP) is 2.90. The first-order valence-electron chi connectivity index (χ1n) is 14.2. The van der Waals surface area contributed by atoms with Gasteiger partial charge in [0.15, 0.2) is 17.3 Å². The molecule has 3 aliphatic heterocycles. The maximum absolute atomic E-state index is 13.9. The number of aromatic nitrogens is 3. The van der Waals surface area contributed by atoms with Crippen LogP contribution in [0.1, 0.15) is 81.0 Å². The van der Waals surface area contributed by atoms with Gasteiger partial charge in [0.05, 0.1) is 31.6 Å². The van der Waals surface area contributed by atoms with Gasteiger partial charge in [0.2, 0.25) is 0 Å². The van der Waals surface area contributed by atoms with Crippen LogP contribution < -0.4 is 16.4 Å². The smallest absolute Gasteiger partial charge is 0.259 e. The summed E-state index contributed by atoms with van der Waals surface area (Å²) in [6.07, 6.45) is 15.1. The standard InChI is InChI=1S/C27H40FN7O2/c28-19-14-30-24-21(23(29)33-35(24)15-19)25(36)32-22-20(34-13-7-9-26(16-34)17-37-18-26)8-12-31-27(22)10-5-3-1-2-4-6-11-27/h14-15,20,22,31H,1-13,16-18H2,(H2,29,33)(H,32,36). The summed E-state index contributed by atoms with van der Waals surface area (Å²) in [6.45, 7) is 4.72. The second-order valence-corrected chi connectivity index (χ2v) is 11.9. The normalized spacial score (nSPS) is 28.4. The largest absolute Gasteiger partial charge is 0.381 e. The number of anilines is 1. The number of amides is 1. The number of ether oxygens (including phenoxy) is 1. The van der Waals surface area contributed by atoms with E-state index in [2.05, 4.69) is 25.6 Å². The highest BCUT2D eigenvalue weighted by Gasteiger charge is 2.51. The lowest BCUT2D eigenvalue weighted by Crippen LogP contribution is -2.73. The fourth-order valence-electron chi connectivity index (χ4n) is 7.46. The van der Waals surface area contributed by atoms with Crippen LogP contribution in [0.3, 0.4) is 0 Å². The molecule has 4 fully saturated rings. The third-order valence-corrected chi connectivity index (χ3v) is 9.35. The molecule has 1 saturated carbocycles. The van der Waals surface area contributed by atoms with E-state index in [0.717, 1.165) is 77.6 Å². The van der Waals surface area contributed by atoms with Gasteiger partial charge in [-0.1, -0.05) is 38.5 Å². The van der Waals surface area contributed by atoms with Gasteiger partial charge in [-0.05, 0) is 45.2 Å². The van der Waals surface area contributed by atoms with Crippen LogP contribution in [0, 0.1) is 11.2 Å². The van der Waals surface area contributed by atoms with Crippen LogP contribution in [0.4, 0.5) is 10.2 Å². The molecule has 4 aliphatic rings. The molecule has 2 aromatic heterocycles. The van der Waals surface area contributed by atoms with Gasteiger partial charge in [-0.2, -0.15) is 0 Å². The predicted molar refractivity (Wildman–Crippen MR) is 139 cm³/mol. The quantitative estimate of drug-likeness (QED) is 0.579. The van der Waals surface area contributed by atoms with Crippen LogP contribution in [0.25, 0.3) is 5.65 Å². The minimum absolute atomic E-state index is 0.0715. The van der Waals surface area contributed by atoms with Crippen molar-refractivity contribution in [3.63, 3.8) is 0 Å². The van der Waals surface area contributed by atoms with E-state index in [4.69, 9.17) is 10.5 Å². The topological polar surface area (TPSA) is 110 Å². The molecule has 6 rings (SSSR count). The summed E-state index contributed by atoms with van der Waals surface area (Å²) in [5.74, 6) is -0.728. The molecule has 2 unspecified atom stereocenters. The van der Waals surface area contributed by atoms with Crippen molar-refractivity contribution >= 4 is 17.4 Å². The third kappa shape index (κ3) is 4.72. The number of piperidine rings is 2. The highest BCUT2D eigenvalue weighted by Crippen LogP contribution is 2.41. The summed E-state index contributed by atoms with van der Waals surface area (Å²) < 4.78 is 20.7. The van der Waals surface area contributed by atoms with Crippen LogP contribution >= 0.6 is 0 Å². The molecule has 2 atom stereocenters. The number of fused-ring (bicyclic) bond motifs is 1. The van der Waals surface area contributed by atoms with E-state index in [-0.39, 0.29) is 46.0 Å². The third-order valence-electron chi connectivity index (χ3n) is 9.35. The van der Waals surface area contributed by atoms with Gasteiger partial charge in [0.25, 0.3) is 5.91 Å². The van der Waals surface area contributed by atoms with Crippen molar-refractivity contribution in [2.24, 2.45) is 5.41 Å². The Labute approximate surface area is 217 Å². The second kappa shape index (κ2) is 10.1. The van der Waals surface area contributed by atoms with Crippen LogP contribution in [0.5, 0.6) is 0 Å². The lowest BCUT2D eigenvalue weighted by atomic mass is 9.71. The summed E-state index contributed by atoms with van der Waals surface area (Å²) in [6, 6.07) is 0.162. The lowest BCUT2D eigenvalue weighted by molar-refractivity contribution is -0.153. The zero-order valence-corrected chi connectivity index (χ0v) is 21.7. The maximum Gasteiger partial charge on any atom is 0.259 e. The van der Waals surface area contributed by atoms with Gasteiger partial charge >= 0.3 is 0 Å². The molecule has 0 bridgehead atoms. The monoisotopic (exact) mass is 513 g/mol. The maximum atomic E-state index is 13.9. The van der Waals surface area contributed by atoms with E-state index in [1.807, 2.05) is 0 Å². The average molecular weight is 514 g/mol. The molecule has 202 valence electrons. The Bertz CT molecular complexity index is 1120. The summed E-state index contributed by atoms with van der Waals surface area (Å²) >= 11 is 0. The van der Waals surface area contributed by atoms with Crippen molar-refractivity contribution < 1.29 is 13.9 Å². The van der Waals surface area contributed by atoms with E-state index >= 15 is 0 Å². The molecule has 0 radical (unpaired) electrons. The average Bonchev–Trinajstić information content (AvgIpc) is 3.25. The number of nitrogens with two attached hydrogens (primary N) is 1. The molecule has 2 spiro atoms. The summed E-state index contributed by atoms with van der Waals surface area (Å²) in [7, 11) is 0. The molecule has 1 amide bonds. The van der Waals surface area contributed by atoms with Gasteiger partial charge in [-0.3, -0.25) is 9.69 Å². The number of nitrogen functional groups attached to an aromatic ring is 1. The lowest BCUT2D eigenvalue weighted by Gasteiger charge is -2.56. The number of rotatable bonds is 3. The number of carbonyl (C=O) groups excluding carboxylic acids is 1. The van der Waals surface area contributed by atoms with Gasteiger partial charge in [-0.15, -0.1) is 5.10 Å². The van der Waals surface area contributed by atoms with Crippen molar-refractivity contribution in [2.45, 2.75) is 88.3 Å². The van der Waals surface area contributed by atoms with Crippen LogP contribution in [0.15, 0.2) is 12.4 Å². The van der Waals surface area contributed by atoms with E-state index in [1.165, 1.54) is 42.8 Å². The first-order chi connectivity index (χ1) is 18.0. The fourth-order valence-corrected chi connectivity index (χ4v) is 7.46. The van der Waals surface area contributed by atoms with Crippen LogP contribution in [-0.4, -0.2) is 75.9 Å². The molecule has 37 heavy (non-hydrogen) atoms. The fraction of sp³-hybridized carbons (Fsp3) is 0.741. The van der Waals surface area contributed by atoms with Crippen molar-refractivity contribution in [1.29, 1.82) is 0 Å². The highest BCUT2D eigenvalue weighted by atomic mass is 19.1. The van der Waals surface area contributed by atoms with E-state index in [0.29, 0.717) is 0 Å². The number of carbonyl (C=O) groups is 1. The first kappa shape index (κ1) is 25.0. The Morgan fingerprint density at radius 3 is 2.62 bits per heavy atom. The van der Waals surface area contributed by atoms with E-state index in [1.54, 1.807) is 0 Å². The van der Waals surface area contributed by atoms with Gasteiger partial charge in [0.1, 0.15) is 5.56 Å². The molecule has 4 N–H and O–H groups in total. The summed E-state index contributed by atoms with van der Waals surface area (Å²) in [5.41, 5.74) is 6.80. The van der Waals surface area contributed by atoms with Gasteiger partial charge in [-0.25, -0.2) is 13.9 Å². The number of halogens is 1. The Balaban J connectivity index is 1.34. The van der Waals surface area contributed by atoms with Gasteiger partial charge < -0.3 is 21.1 Å². The van der Waals surface area contributed by atoms with Crippen molar-refractivity contribution in [2.75, 3.05) is 38.6 Å². The molecule has 2 aromatic rings. The molecule has 3 saturated heterocycles. The highest BCUT2D eigenvalue weighted by molar-refractivity contribution is 6.04. The van der Waals surface area contributed by atoms with Crippen molar-refractivity contribution in [3.05, 3.63) is 23.8 Å². The Morgan fingerprint density at radius 2 is 1.89 bits per heavy atom. The molecular formula is C27H40FN7O2. The number of nitrogens with one attached hydrogen (secondary N) is 2. The number of hydrogen-bond donors (Lipinski definition) is 3. The zero-order valence-electron chi connectivity index (χ0n) is 21.7. The Morgan fingerprint density at radius 1 is 1.14 bits per heavy atom. The van der Waals surface area contributed by atoms with E-state index in [9.17, 15) is 9.18 Å².